The largest absolute Gasteiger partial charge is 0.444 e. The summed E-state index contributed by atoms with van der Waals surface area (Å²) in [4.78, 5) is 36.9. The van der Waals surface area contributed by atoms with Crippen LogP contribution in [0.15, 0.2) is 24.3 Å². The molecule has 1 aliphatic heterocycles. The van der Waals surface area contributed by atoms with Crippen LogP contribution in [0.3, 0.4) is 0 Å². The molecule has 1 atom stereocenters. The minimum Gasteiger partial charge on any atom is -0.444 e. The number of hydrogen-bond donors (Lipinski definition) is 1. The van der Waals surface area contributed by atoms with E-state index < -0.39 is 11.7 Å². The van der Waals surface area contributed by atoms with Crippen molar-refractivity contribution in [2.24, 2.45) is 5.92 Å². The van der Waals surface area contributed by atoms with Crippen LogP contribution in [-0.2, 0) is 4.74 Å². The van der Waals surface area contributed by atoms with Gasteiger partial charge >= 0.3 is 6.09 Å². The normalized spacial score (nSPS) is 17.7. The number of nitrogens with zero attached hydrogens (tertiary/aromatic N) is 1. The molecule has 2 rings (SSSR count). The maximum atomic E-state index is 12.6. The van der Waals surface area contributed by atoms with Gasteiger partial charge < -0.3 is 15.0 Å². The number of carbonyl (C=O) groups excluding carboxylic acids is 3. The van der Waals surface area contributed by atoms with Crippen molar-refractivity contribution >= 4 is 18.3 Å². The minimum atomic E-state index is -0.521. The fraction of sp³-hybridized carbons (Fsp3) is 0.526. The Labute approximate surface area is 148 Å². The van der Waals surface area contributed by atoms with Crippen LogP contribution >= 0.6 is 0 Å². The van der Waals surface area contributed by atoms with Crippen LogP contribution in [0.4, 0.5) is 4.79 Å². The molecule has 1 heterocycles. The minimum absolute atomic E-state index is 0.0422. The maximum absolute atomic E-state index is 12.6. The Bertz CT molecular complexity index is 619. The number of aldehydes is 1. The van der Waals surface area contributed by atoms with Gasteiger partial charge in [0, 0.05) is 30.8 Å². The Morgan fingerprint density at radius 3 is 2.56 bits per heavy atom. The number of amides is 2. The zero-order valence-corrected chi connectivity index (χ0v) is 15.1. The predicted molar refractivity (Wildman–Crippen MR) is 94.7 cm³/mol. The molecule has 6 nitrogen and oxygen atoms in total. The van der Waals surface area contributed by atoms with Crippen LogP contribution in [-0.4, -0.2) is 48.4 Å². The van der Waals surface area contributed by atoms with E-state index in [4.69, 9.17) is 4.74 Å². The van der Waals surface area contributed by atoms with E-state index in [2.05, 4.69) is 5.32 Å². The molecule has 1 N–H and O–H groups in total. The van der Waals surface area contributed by atoms with E-state index in [0.717, 1.165) is 19.1 Å². The number of nitrogens with one attached hydrogen (secondary N) is 1. The first-order valence-electron chi connectivity index (χ1n) is 8.60. The summed E-state index contributed by atoms with van der Waals surface area (Å²) < 4.78 is 5.24. The molecule has 0 bridgehead atoms. The summed E-state index contributed by atoms with van der Waals surface area (Å²) in [5.74, 6) is 0.166. The van der Waals surface area contributed by atoms with Gasteiger partial charge in [-0.1, -0.05) is 12.1 Å². The van der Waals surface area contributed by atoms with E-state index in [0.29, 0.717) is 30.8 Å². The molecule has 0 spiro atoms. The van der Waals surface area contributed by atoms with Crippen molar-refractivity contribution in [1.82, 2.24) is 10.2 Å². The van der Waals surface area contributed by atoms with Crippen LogP contribution in [0.1, 0.15) is 54.3 Å². The number of benzene rings is 1. The first-order valence-corrected chi connectivity index (χ1v) is 8.60. The lowest BCUT2D eigenvalue weighted by Gasteiger charge is -2.33. The van der Waals surface area contributed by atoms with Gasteiger partial charge in [0.25, 0.3) is 5.91 Å². The molecule has 1 aromatic carbocycles. The Balaban J connectivity index is 1.88. The Kier molecular flexibility index (Phi) is 6.17. The lowest BCUT2D eigenvalue weighted by atomic mass is 9.97. The lowest BCUT2D eigenvalue weighted by Crippen LogP contribution is -2.44. The molecule has 0 aliphatic carbocycles. The molecule has 6 heteroatoms. The molecule has 1 saturated heterocycles. The number of likely N-dealkylation sites (tertiary alicyclic amines) is 1. The summed E-state index contributed by atoms with van der Waals surface area (Å²) >= 11 is 0. The van der Waals surface area contributed by atoms with E-state index in [-0.39, 0.29) is 11.8 Å². The lowest BCUT2D eigenvalue weighted by molar-refractivity contribution is 0.0502. The summed E-state index contributed by atoms with van der Waals surface area (Å²) in [5.41, 5.74) is 0.604. The van der Waals surface area contributed by atoms with Crippen molar-refractivity contribution in [3.8, 4) is 0 Å². The fourth-order valence-corrected chi connectivity index (χ4v) is 2.84. The molecule has 25 heavy (non-hydrogen) atoms. The van der Waals surface area contributed by atoms with E-state index in [1.807, 2.05) is 20.8 Å². The standard InChI is InChI=1S/C19H26N2O4/c1-19(2,3)25-18(24)20-11-15-5-4-10-21(12-15)17(23)16-8-6-14(13-22)7-9-16/h6-9,13,15H,4-5,10-12H2,1-3H3,(H,20,24)/t15-/m1/s1. The maximum Gasteiger partial charge on any atom is 0.407 e. The summed E-state index contributed by atoms with van der Waals surface area (Å²) in [7, 11) is 0. The predicted octanol–water partition coefficient (Wildman–Crippen LogP) is 2.88. The van der Waals surface area contributed by atoms with Gasteiger partial charge in [-0.3, -0.25) is 9.59 Å². The molecule has 0 radical (unpaired) electrons. The highest BCUT2D eigenvalue weighted by molar-refractivity contribution is 5.95. The average Bonchev–Trinajstić information content (AvgIpc) is 2.58. The molecule has 0 aromatic heterocycles. The van der Waals surface area contributed by atoms with Gasteiger partial charge in [-0.2, -0.15) is 0 Å². The van der Waals surface area contributed by atoms with E-state index in [1.54, 1.807) is 29.2 Å². The SMILES string of the molecule is CC(C)(C)OC(=O)NC[C@H]1CCCN(C(=O)c2ccc(C=O)cc2)C1. The van der Waals surface area contributed by atoms with Gasteiger partial charge in [0.15, 0.2) is 0 Å². The third-order valence-corrected chi connectivity index (χ3v) is 4.03. The molecule has 0 unspecified atom stereocenters. The highest BCUT2D eigenvalue weighted by atomic mass is 16.6. The van der Waals surface area contributed by atoms with Gasteiger partial charge in [0.1, 0.15) is 11.9 Å². The molecule has 1 aromatic rings. The van der Waals surface area contributed by atoms with Gasteiger partial charge in [-0.15, -0.1) is 0 Å². The second-order valence-corrected chi connectivity index (χ2v) is 7.38. The van der Waals surface area contributed by atoms with Crippen molar-refractivity contribution in [2.75, 3.05) is 19.6 Å². The van der Waals surface area contributed by atoms with E-state index in [1.165, 1.54) is 0 Å². The third-order valence-electron chi connectivity index (χ3n) is 4.03. The van der Waals surface area contributed by atoms with Crippen molar-refractivity contribution in [2.45, 2.75) is 39.2 Å². The Hall–Kier alpha value is -2.37. The molecular formula is C19H26N2O4. The van der Waals surface area contributed by atoms with Gasteiger partial charge in [0.2, 0.25) is 0 Å². The van der Waals surface area contributed by atoms with Crippen LogP contribution in [0.2, 0.25) is 0 Å². The fourth-order valence-electron chi connectivity index (χ4n) is 2.84. The second-order valence-electron chi connectivity index (χ2n) is 7.38. The molecule has 1 fully saturated rings. The number of hydrogen-bond acceptors (Lipinski definition) is 4. The number of carbonyl (C=O) groups is 3. The van der Waals surface area contributed by atoms with Crippen LogP contribution < -0.4 is 5.32 Å². The molecule has 136 valence electrons. The van der Waals surface area contributed by atoms with Crippen molar-refractivity contribution < 1.29 is 19.1 Å². The summed E-state index contributed by atoms with van der Waals surface area (Å²) in [6.45, 7) is 7.26. The van der Waals surface area contributed by atoms with Gasteiger partial charge in [0.05, 0.1) is 0 Å². The van der Waals surface area contributed by atoms with E-state index in [9.17, 15) is 14.4 Å². The first-order chi connectivity index (χ1) is 11.8. The third kappa shape index (κ3) is 5.89. The average molecular weight is 346 g/mol. The first kappa shape index (κ1) is 19.0. The quantitative estimate of drug-likeness (QED) is 0.851. The molecule has 0 saturated carbocycles. The van der Waals surface area contributed by atoms with Crippen molar-refractivity contribution in [1.29, 1.82) is 0 Å². The van der Waals surface area contributed by atoms with Crippen LogP contribution in [0.5, 0.6) is 0 Å². The zero-order valence-electron chi connectivity index (χ0n) is 15.1. The van der Waals surface area contributed by atoms with Crippen molar-refractivity contribution in [3.05, 3.63) is 35.4 Å². The smallest absolute Gasteiger partial charge is 0.407 e. The number of alkyl carbamates (subject to hydrolysis) is 1. The number of ether oxygens (including phenoxy) is 1. The number of piperidine rings is 1. The van der Waals surface area contributed by atoms with Crippen LogP contribution in [0.25, 0.3) is 0 Å². The van der Waals surface area contributed by atoms with E-state index >= 15 is 0 Å². The Morgan fingerprint density at radius 1 is 1.28 bits per heavy atom. The Morgan fingerprint density at radius 2 is 1.96 bits per heavy atom. The summed E-state index contributed by atoms with van der Waals surface area (Å²) in [6.07, 6.45) is 2.19. The van der Waals surface area contributed by atoms with Gasteiger partial charge in [-0.05, 0) is 51.7 Å². The van der Waals surface area contributed by atoms with Crippen molar-refractivity contribution in [3.63, 3.8) is 0 Å². The summed E-state index contributed by atoms with van der Waals surface area (Å²) in [6, 6.07) is 6.64. The molecule has 2 amide bonds. The second kappa shape index (κ2) is 8.14. The molecular weight excluding hydrogens is 320 g/mol. The highest BCUT2D eigenvalue weighted by Crippen LogP contribution is 2.18. The van der Waals surface area contributed by atoms with Crippen LogP contribution in [0, 0.1) is 5.92 Å². The van der Waals surface area contributed by atoms with Gasteiger partial charge in [-0.25, -0.2) is 4.79 Å². The highest BCUT2D eigenvalue weighted by Gasteiger charge is 2.25. The molecule has 1 aliphatic rings. The topological polar surface area (TPSA) is 75.7 Å². The monoisotopic (exact) mass is 346 g/mol. The number of rotatable bonds is 4. The zero-order chi connectivity index (χ0) is 18.4. The summed E-state index contributed by atoms with van der Waals surface area (Å²) in [5, 5.41) is 2.79.